The van der Waals surface area contributed by atoms with Crippen LogP contribution in [0.2, 0.25) is 5.02 Å². The highest BCUT2D eigenvalue weighted by molar-refractivity contribution is 6.30. The molecule has 0 spiro atoms. The third-order valence-corrected chi connectivity index (χ3v) is 3.63. The van der Waals surface area contributed by atoms with E-state index in [1.807, 2.05) is 56.4 Å². The van der Waals surface area contributed by atoms with Gasteiger partial charge in [-0.05, 0) is 42.3 Å². The summed E-state index contributed by atoms with van der Waals surface area (Å²) in [7, 11) is 1.88. The zero-order chi connectivity index (χ0) is 15.2. The molecule has 0 atom stereocenters. The van der Waals surface area contributed by atoms with E-state index in [4.69, 9.17) is 17.0 Å². The van der Waals surface area contributed by atoms with Crippen LogP contribution >= 0.6 is 11.6 Å². The van der Waals surface area contributed by atoms with E-state index in [0.717, 1.165) is 34.9 Å². The lowest BCUT2D eigenvalue weighted by atomic mass is 10.0. The minimum absolute atomic E-state index is 0.642. The van der Waals surface area contributed by atoms with Gasteiger partial charge in [-0.1, -0.05) is 30.7 Å². The largest absolute Gasteiger partial charge is 0.388 e. The average molecular weight is 302 g/mol. The molecule has 0 amide bonds. The summed E-state index contributed by atoms with van der Waals surface area (Å²) in [6.45, 7) is 2.74. The zero-order valence-corrected chi connectivity index (χ0v) is 13.1. The average Bonchev–Trinajstić information content (AvgIpc) is 2.53. The summed E-state index contributed by atoms with van der Waals surface area (Å²) in [6.07, 6.45) is 0.728. The van der Waals surface area contributed by atoms with Crippen molar-refractivity contribution >= 4 is 28.7 Å². The quantitative estimate of drug-likeness (QED) is 0.673. The van der Waals surface area contributed by atoms with Crippen LogP contribution < -0.4 is 10.6 Å². The van der Waals surface area contributed by atoms with E-state index in [1.54, 1.807) is 0 Å². The second kappa shape index (κ2) is 7.14. The van der Waals surface area contributed by atoms with Gasteiger partial charge in [-0.2, -0.15) is 0 Å². The molecule has 0 fully saturated rings. The highest BCUT2D eigenvalue weighted by Gasteiger charge is 2.06. The first-order valence-corrected chi connectivity index (χ1v) is 7.39. The second-order valence-electron chi connectivity index (χ2n) is 4.82. The molecule has 0 aliphatic heterocycles. The first-order chi connectivity index (χ1) is 10.1. The van der Waals surface area contributed by atoms with E-state index in [-0.39, 0.29) is 0 Å². The molecule has 3 nitrogen and oxygen atoms in total. The maximum absolute atomic E-state index is 7.98. The lowest BCUT2D eigenvalue weighted by Gasteiger charge is -2.13. The Morgan fingerprint density at radius 2 is 1.86 bits per heavy atom. The first kappa shape index (κ1) is 15.4. The van der Waals surface area contributed by atoms with Crippen LogP contribution in [0.5, 0.6) is 0 Å². The summed E-state index contributed by atoms with van der Waals surface area (Å²) >= 11 is 5.88. The molecule has 0 aliphatic carbocycles. The van der Waals surface area contributed by atoms with Gasteiger partial charge in [-0.3, -0.25) is 0 Å². The van der Waals surface area contributed by atoms with Crippen LogP contribution in [0.3, 0.4) is 0 Å². The van der Waals surface area contributed by atoms with Gasteiger partial charge in [-0.15, -0.1) is 0 Å². The molecule has 0 saturated heterocycles. The van der Waals surface area contributed by atoms with Crippen LogP contribution in [0.15, 0.2) is 42.5 Å². The molecule has 3 N–H and O–H groups in total. The van der Waals surface area contributed by atoms with Crippen molar-refractivity contribution in [1.82, 2.24) is 0 Å². The van der Waals surface area contributed by atoms with Crippen LogP contribution in [0.25, 0.3) is 0 Å². The van der Waals surface area contributed by atoms with Crippen LogP contribution in [0.1, 0.15) is 24.5 Å². The predicted octanol–water partition coefficient (Wildman–Crippen LogP) is 4.77. The third kappa shape index (κ3) is 3.99. The van der Waals surface area contributed by atoms with Crippen LogP contribution in [0.4, 0.5) is 11.4 Å². The van der Waals surface area contributed by atoms with E-state index in [2.05, 4.69) is 10.6 Å². The molecular formula is C17H20ClN3. The van der Waals surface area contributed by atoms with Gasteiger partial charge in [0.15, 0.2) is 0 Å². The Kier molecular flexibility index (Phi) is 5.23. The van der Waals surface area contributed by atoms with Crippen molar-refractivity contribution < 1.29 is 0 Å². The molecule has 2 aromatic carbocycles. The summed E-state index contributed by atoms with van der Waals surface area (Å²) in [5.74, 6) is 0. The highest BCUT2D eigenvalue weighted by Crippen LogP contribution is 2.22. The second-order valence-corrected chi connectivity index (χ2v) is 5.26. The van der Waals surface area contributed by atoms with Crippen molar-refractivity contribution in [3.8, 4) is 0 Å². The van der Waals surface area contributed by atoms with Crippen LogP contribution in [-0.4, -0.2) is 12.8 Å². The van der Waals surface area contributed by atoms with E-state index in [9.17, 15) is 0 Å². The fourth-order valence-corrected chi connectivity index (χ4v) is 2.25. The van der Waals surface area contributed by atoms with E-state index < -0.39 is 0 Å². The Hall–Kier alpha value is -2.00. The smallest absolute Gasteiger partial charge is 0.0450 e. The van der Waals surface area contributed by atoms with Crippen molar-refractivity contribution in [2.45, 2.75) is 19.9 Å². The Morgan fingerprint density at radius 1 is 1.14 bits per heavy atom. The molecule has 0 aliphatic rings. The molecule has 21 heavy (non-hydrogen) atoms. The number of benzene rings is 2. The molecule has 2 rings (SSSR count). The van der Waals surface area contributed by atoms with Gasteiger partial charge < -0.3 is 16.0 Å². The van der Waals surface area contributed by atoms with Crippen molar-refractivity contribution in [2.75, 3.05) is 17.7 Å². The monoisotopic (exact) mass is 301 g/mol. The number of rotatable bonds is 6. The molecule has 0 radical (unpaired) electrons. The number of hydrogen-bond acceptors (Lipinski definition) is 3. The number of nitrogens with one attached hydrogen (secondary N) is 3. The summed E-state index contributed by atoms with van der Waals surface area (Å²) in [4.78, 5) is 0. The first-order valence-electron chi connectivity index (χ1n) is 7.02. The van der Waals surface area contributed by atoms with Crippen molar-refractivity contribution in [1.29, 1.82) is 5.41 Å². The Morgan fingerprint density at radius 3 is 2.48 bits per heavy atom. The summed E-state index contributed by atoms with van der Waals surface area (Å²) in [6, 6.07) is 13.8. The maximum Gasteiger partial charge on any atom is 0.0450 e. The topological polar surface area (TPSA) is 47.9 Å². The number of anilines is 2. The molecule has 0 unspecified atom stereocenters. The summed E-state index contributed by atoms with van der Waals surface area (Å²) in [5.41, 5.74) is 4.78. The molecule has 0 bridgehead atoms. The third-order valence-electron chi connectivity index (χ3n) is 3.38. The standard InChI is InChI=1S/C17H20ClN3/c1-3-16(19)15-9-8-14(10-17(15)20-2)21-11-12-4-6-13(18)7-5-12/h4-10,19-21H,3,11H2,1-2H3. The van der Waals surface area contributed by atoms with Gasteiger partial charge in [0.1, 0.15) is 0 Å². The van der Waals surface area contributed by atoms with Gasteiger partial charge >= 0.3 is 0 Å². The molecule has 2 aromatic rings. The van der Waals surface area contributed by atoms with Crippen molar-refractivity contribution in [2.24, 2.45) is 0 Å². The minimum Gasteiger partial charge on any atom is -0.388 e. The van der Waals surface area contributed by atoms with E-state index in [1.165, 1.54) is 5.56 Å². The minimum atomic E-state index is 0.642. The van der Waals surface area contributed by atoms with Gasteiger partial charge in [0.2, 0.25) is 0 Å². The fraction of sp³-hybridized carbons (Fsp3) is 0.235. The lowest BCUT2D eigenvalue weighted by molar-refractivity contribution is 1.15. The van der Waals surface area contributed by atoms with Gasteiger partial charge in [-0.25, -0.2) is 0 Å². The molecular weight excluding hydrogens is 282 g/mol. The van der Waals surface area contributed by atoms with Crippen molar-refractivity contribution in [3.63, 3.8) is 0 Å². The molecule has 0 heterocycles. The predicted molar refractivity (Wildman–Crippen MR) is 91.9 cm³/mol. The Balaban J connectivity index is 2.10. The molecule has 110 valence electrons. The molecule has 0 saturated carbocycles. The van der Waals surface area contributed by atoms with E-state index >= 15 is 0 Å². The Bertz CT molecular complexity index is 620. The van der Waals surface area contributed by atoms with Gasteiger partial charge in [0.25, 0.3) is 0 Å². The van der Waals surface area contributed by atoms with Crippen LogP contribution in [-0.2, 0) is 6.54 Å². The van der Waals surface area contributed by atoms with Gasteiger partial charge in [0, 0.05) is 41.3 Å². The number of hydrogen-bond donors (Lipinski definition) is 3. The fourth-order valence-electron chi connectivity index (χ4n) is 2.12. The Labute approximate surface area is 130 Å². The maximum atomic E-state index is 7.98. The van der Waals surface area contributed by atoms with E-state index in [0.29, 0.717) is 5.71 Å². The molecule has 0 aromatic heterocycles. The zero-order valence-electron chi connectivity index (χ0n) is 12.3. The lowest BCUT2D eigenvalue weighted by Crippen LogP contribution is -2.05. The summed E-state index contributed by atoms with van der Waals surface area (Å²) in [5, 5.41) is 15.3. The SMILES string of the molecule is CCC(=N)c1ccc(NCc2ccc(Cl)cc2)cc1NC. The summed E-state index contributed by atoms with van der Waals surface area (Å²) < 4.78 is 0. The van der Waals surface area contributed by atoms with Crippen molar-refractivity contribution in [3.05, 3.63) is 58.6 Å². The van der Waals surface area contributed by atoms with Gasteiger partial charge in [0.05, 0.1) is 0 Å². The van der Waals surface area contributed by atoms with Crippen LogP contribution in [0, 0.1) is 5.41 Å². The number of halogens is 1. The highest BCUT2D eigenvalue weighted by atomic mass is 35.5. The molecule has 4 heteroatoms. The normalized spacial score (nSPS) is 10.2.